The number of aromatic nitrogens is 3. The van der Waals surface area contributed by atoms with Gasteiger partial charge in [0, 0.05) is 13.1 Å². The van der Waals surface area contributed by atoms with Crippen LogP contribution in [0.2, 0.25) is 5.28 Å². The minimum absolute atomic E-state index is 0.0340. The van der Waals surface area contributed by atoms with E-state index in [1.807, 2.05) is 11.8 Å². The number of hydrogen-bond acceptors (Lipinski definition) is 6. The van der Waals surface area contributed by atoms with Crippen molar-refractivity contribution in [3.8, 4) is 6.01 Å². The number of nitrogens with zero attached hydrogens (tertiary/aromatic N) is 4. The lowest BCUT2D eigenvalue weighted by Gasteiger charge is -2.21. The molecule has 2 heterocycles. The van der Waals surface area contributed by atoms with Gasteiger partial charge >= 0.3 is 6.01 Å². The predicted octanol–water partition coefficient (Wildman–Crippen LogP) is 1.35. The third-order valence-corrected chi connectivity index (χ3v) is 3.16. The molecule has 2 rings (SSSR count). The van der Waals surface area contributed by atoms with Gasteiger partial charge in [-0.3, -0.25) is 4.79 Å². The van der Waals surface area contributed by atoms with Crippen LogP contribution < -0.4 is 10.1 Å². The van der Waals surface area contributed by atoms with E-state index in [-0.39, 0.29) is 23.1 Å². The molecule has 7 nitrogen and oxygen atoms in total. The van der Waals surface area contributed by atoms with Crippen LogP contribution in [0, 0.1) is 0 Å². The molecule has 0 aromatic carbocycles. The van der Waals surface area contributed by atoms with Crippen LogP contribution in [0.3, 0.4) is 0 Å². The first kappa shape index (κ1) is 14.8. The Morgan fingerprint density at radius 3 is 2.75 bits per heavy atom. The van der Waals surface area contributed by atoms with Gasteiger partial charge in [0.05, 0.1) is 6.61 Å². The van der Waals surface area contributed by atoms with E-state index in [4.69, 9.17) is 16.3 Å². The molecule has 0 saturated carbocycles. The summed E-state index contributed by atoms with van der Waals surface area (Å²) in [6.07, 6.45) is 2.12. The number of halogens is 1. The number of nitrogens with one attached hydrogen (secondary N) is 1. The summed E-state index contributed by atoms with van der Waals surface area (Å²) in [7, 11) is 0. The molecular weight excluding hydrogens is 282 g/mol. The molecule has 1 aliphatic heterocycles. The minimum Gasteiger partial charge on any atom is -0.464 e. The normalized spacial score (nSPS) is 16.1. The van der Waals surface area contributed by atoms with Crippen molar-refractivity contribution in [1.29, 1.82) is 0 Å². The Morgan fingerprint density at radius 1 is 1.40 bits per heavy atom. The standard InChI is InChI=1S/C12H18ClN5O2/c1-3-20-12-16-10(13)15-11(17-12)14-8(2)9(19)18-6-4-5-7-18/h8H,3-7H2,1-2H3,(H,14,15,16,17). The number of hydrogen-bond donors (Lipinski definition) is 1. The van der Waals surface area contributed by atoms with Crippen molar-refractivity contribution >= 4 is 23.5 Å². The molecule has 20 heavy (non-hydrogen) atoms. The van der Waals surface area contributed by atoms with Gasteiger partial charge in [-0.15, -0.1) is 0 Å². The predicted molar refractivity (Wildman–Crippen MR) is 74.9 cm³/mol. The zero-order chi connectivity index (χ0) is 14.5. The molecule has 8 heteroatoms. The van der Waals surface area contributed by atoms with E-state index >= 15 is 0 Å². The Kier molecular flexibility index (Phi) is 4.94. The zero-order valence-corrected chi connectivity index (χ0v) is 12.4. The molecule has 1 aromatic rings. The van der Waals surface area contributed by atoms with Crippen LogP contribution in [0.4, 0.5) is 5.95 Å². The fourth-order valence-electron chi connectivity index (χ4n) is 2.06. The van der Waals surface area contributed by atoms with E-state index in [0.717, 1.165) is 25.9 Å². The van der Waals surface area contributed by atoms with Gasteiger partial charge in [-0.25, -0.2) is 0 Å². The van der Waals surface area contributed by atoms with Gasteiger partial charge in [-0.2, -0.15) is 15.0 Å². The zero-order valence-electron chi connectivity index (χ0n) is 11.6. The Morgan fingerprint density at radius 2 is 2.10 bits per heavy atom. The van der Waals surface area contributed by atoms with Crippen LogP contribution >= 0.6 is 11.6 Å². The Hall–Kier alpha value is -1.63. The van der Waals surface area contributed by atoms with Crippen molar-refractivity contribution in [2.24, 2.45) is 0 Å². The van der Waals surface area contributed by atoms with Crippen LogP contribution in [-0.4, -0.2) is 51.5 Å². The fraction of sp³-hybridized carbons (Fsp3) is 0.667. The first-order valence-electron chi connectivity index (χ1n) is 6.70. The van der Waals surface area contributed by atoms with Crippen molar-refractivity contribution in [2.45, 2.75) is 32.7 Å². The number of likely N-dealkylation sites (tertiary alicyclic amines) is 1. The maximum Gasteiger partial charge on any atom is 0.322 e. The summed E-state index contributed by atoms with van der Waals surface area (Å²) >= 11 is 5.80. The molecule has 0 bridgehead atoms. The van der Waals surface area contributed by atoms with E-state index in [1.54, 1.807) is 6.92 Å². The van der Waals surface area contributed by atoms with Gasteiger partial charge in [-0.05, 0) is 38.3 Å². The second-order valence-electron chi connectivity index (χ2n) is 4.54. The number of amides is 1. The molecular formula is C12H18ClN5O2. The molecule has 1 aliphatic rings. The summed E-state index contributed by atoms with van der Waals surface area (Å²) in [5.41, 5.74) is 0. The highest BCUT2D eigenvalue weighted by molar-refractivity contribution is 6.28. The third-order valence-electron chi connectivity index (χ3n) is 2.99. The van der Waals surface area contributed by atoms with Gasteiger partial charge in [-0.1, -0.05) is 0 Å². The van der Waals surface area contributed by atoms with Gasteiger partial charge in [0.25, 0.3) is 0 Å². The molecule has 110 valence electrons. The molecule has 1 amide bonds. The smallest absolute Gasteiger partial charge is 0.322 e. The lowest BCUT2D eigenvalue weighted by Crippen LogP contribution is -2.40. The van der Waals surface area contributed by atoms with Crippen molar-refractivity contribution in [3.05, 3.63) is 5.28 Å². The highest BCUT2D eigenvalue weighted by atomic mass is 35.5. The summed E-state index contributed by atoms with van der Waals surface area (Å²) in [6, 6.07) is -0.267. The number of carbonyl (C=O) groups is 1. The highest BCUT2D eigenvalue weighted by Gasteiger charge is 2.23. The second kappa shape index (κ2) is 6.69. The quantitative estimate of drug-likeness (QED) is 0.884. The maximum absolute atomic E-state index is 12.2. The Bertz CT molecular complexity index is 479. The van der Waals surface area contributed by atoms with Gasteiger partial charge < -0.3 is 15.0 Å². The number of carbonyl (C=O) groups excluding carboxylic acids is 1. The van der Waals surface area contributed by atoms with Gasteiger partial charge in [0.2, 0.25) is 17.1 Å². The molecule has 1 aromatic heterocycles. The molecule has 1 unspecified atom stereocenters. The molecule has 1 saturated heterocycles. The van der Waals surface area contributed by atoms with E-state index in [1.165, 1.54) is 0 Å². The molecule has 0 spiro atoms. The number of ether oxygens (including phenoxy) is 1. The second-order valence-corrected chi connectivity index (χ2v) is 4.88. The van der Waals surface area contributed by atoms with Gasteiger partial charge in [0.1, 0.15) is 6.04 Å². The summed E-state index contributed by atoms with van der Waals surface area (Å²) in [5, 5.41) is 2.97. The first-order valence-corrected chi connectivity index (χ1v) is 7.07. The molecule has 1 atom stereocenters. The lowest BCUT2D eigenvalue weighted by molar-refractivity contribution is -0.130. The summed E-state index contributed by atoms with van der Waals surface area (Å²) in [4.78, 5) is 25.9. The molecule has 0 aliphatic carbocycles. The van der Waals surface area contributed by atoms with Crippen LogP contribution in [0.1, 0.15) is 26.7 Å². The van der Waals surface area contributed by atoms with Crippen LogP contribution in [-0.2, 0) is 4.79 Å². The van der Waals surface area contributed by atoms with Crippen molar-refractivity contribution in [3.63, 3.8) is 0 Å². The molecule has 0 radical (unpaired) electrons. The maximum atomic E-state index is 12.2. The summed E-state index contributed by atoms with van der Waals surface area (Å²) in [5.74, 6) is 0.283. The molecule has 1 N–H and O–H groups in total. The Balaban J connectivity index is 2.02. The lowest BCUT2D eigenvalue weighted by atomic mass is 10.3. The minimum atomic E-state index is -0.416. The van der Waals surface area contributed by atoms with E-state index in [0.29, 0.717) is 6.61 Å². The number of rotatable bonds is 5. The highest BCUT2D eigenvalue weighted by Crippen LogP contribution is 2.14. The van der Waals surface area contributed by atoms with E-state index < -0.39 is 6.04 Å². The largest absolute Gasteiger partial charge is 0.464 e. The van der Waals surface area contributed by atoms with Crippen molar-refractivity contribution in [2.75, 3.05) is 25.0 Å². The van der Waals surface area contributed by atoms with Crippen molar-refractivity contribution < 1.29 is 9.53 Å². The monoisotopic (exact) mass is 299 g/mol. The Labute approximate surface area is 122 Å². The summed E-state index contributed by atoms with van der Waals surface area (Å²) in [6.45, 7) is 5.66. The van der Waals surface area contributed by atoms with Crippen molar-refractivity contribution in [1.82, 2.24) is 19.9 Å². The average Bonchev–Trinajstić information content (AvgIpc) is 2.91. The van der Waals surface area contributed by atoms with Crippen LogP contribution in [0.5, 0.6) is 6.01 Å². The van der Waals surface area contributed by atoms with E-state index in [9.17, 15) is 4.79 Å². The van der Waals surface area contributed by atoms with Crippen LogP contribution in [0.25, 0.3) is 0 Å². The third kappa shape index (κ3) is 3.69. The van der Waals surface area contributed by atoms with Gasteiger partial charge in [0.15, 0.2) is 0 Å². The fourth-order valence-corrected chi connectivity index (χ4v) is 2.21. The number of anilines is 1. The van der Waals surface area contributed by atoms with E-state index in [2.05, 4.69) is 20.3 Å². The summed E-state index contributed by atoms with van der Waals surface area (Å²) < 4.78 is 5.19. The SMILES string of the molecule is CCOc1nc(Cl)nc(NC(C)C(=O)N2CCCC2)n1. The van der Waals surface area contributed by atoms with Crippen LogP contribution in [0.15, 0.2) is 0 Å². The average molecular weight is 300 g/mol. The first-order chi connectivity index (χ1) is 9.60. The molecule has 1 fully saturated rings. The topological polar surface area (TPSA) is 80.2 Å².